The molecule has 2 amide bonds. The molecule has 4 atom stereocenters. The Kier molecular flexibility index (Phi) is 11.0. The summed E-state index contributed by atoms with van der Waals surface area (Å²) in [5.74, 6) is -3.68. The standard InChI is InChI=1S/C34H38N4O6/c1-21(2)15-28(31(40)34(43)44)37-33(42)29(18-26-19-35-20-36-26)38-32(41)25(17-30(39)23-10-4-3-5-11-23)16-24-13-8-12-22-9-6-7-14-27(22)24/h3-14,19-21,25,28-29,31,40H,15-18H2,1-2H3,(H,35,36)(H,37,42)(H,38,41)(H,43,44)/t25?,28?,29?,31-/m1/s1. The molecule has 0 spiro atoms. The van der Waals surface area contributed by atoms with Crippen LogP contribution in [0.4, 0.5) is 0 Å². The molecule has 0 aliphatic carbocycles. The molecular formula is C34H38N4O6. The molecule has 10 heteroatoms. The zero-order chi connectivity index (χ0) is 31.6. The number of hydrogen-bond donors (Lipinski definition) is 5. The first-order chi connectivity index (χ1) is 21.1. The lowest BCUT2D eigenvalue weighted by molar-refractivity contribution is -0.149. The summed E-state index contributed by atoms with van der Waals surface area (Å²) in [6.45, 7) is 3.69. The fraction of sp³-hybridized carbons (Fsp3) is 0.324. The van der Waals surface area contributed by atoms with Crippen LogP contribution in [0.5, 0.6) is 0 Å². The van der Waals surface area contributed by atoms with Gasteiger partial charge in [-0.25, -0.2) is 9.78 Å². The van der Waals surface area contributed by atoms with E-state index >= 15 is 0 Å². The maximum Gasteiger partial charge on any atom is 0.334 e. The van der Waals surface area contributed by atoms with Gasteiger partial charge in [-0.2, -0.15) is 0 Å². The molecule has 5 N–H and O–H groups in total. The Labute approximate surface area is 255 Å². The number of fused-ring (bicyclic) bond motifs is 1. The number of benzene rings is 3. The molecule has 3 unspecified atom stereocenters. The Morgan fingerprint density at radius 2 is 1.57 bits per heavy atom. The van der Waals surface area contributed by atoms with Gasteiger partial charge in [-0.15, -0.1) is 0 Å². The Hall–Kier alpha value is -4.83. The molecule has 0 saturated carbocycles. The molecule has 4 aromatic rings. The number of carbonyl (C=O) groups is 4. The second-order valence-corrected chi connectivity index (χ2v) is 11.4. The van der Waals surface area contributed by atoms with E-state index in [1.165, 1.54) is 6.33 Å². The van der Waals surface area contributed by atoms with E-state index in [1.54, 1.807) is 30.5 Å². The normalized spacial score (nSPS) is 14.0. The van der Waals surface area contributed by atoms with Crippen molar-refractivity contribution in [2.24, 2.45) is 11.8 Å². The van der Waals surface area contributed by atoms with E-state index in [1.807, 2.05) is 62.4 Å². The molecule has 0 aliphatic rings. The number of amides is 2. The minimum atomic E-state index is -1.83. The van der Waals surface area contributed by atoms with E-state index in [9.17, 15) is 29.4 Å². The average molecular weight is 599 g/mol. The number of hydrogen-bond acceptors (Lipinski definition) is 6. The fourth-order valence-corrected chi connectivity index (χ4v) is 5.30. The number of H-pyrrole nitrogens is 1. The molecule has 230 valence electrons. The number of nitrogens with one attached hydrogen (secondary N) is 3. The van der Waals surface area contributed by atoms with Gasteiger partial charge in [0.05, 0.1) is 18.1 Å². The zero-order valence-corrected chi connectivity index (χ0v) is 24.8. The zero-order valence-electron chi connectivity index (χ0n) is 24.8. The molecular weight excluding hydrogens is 560 g/mol. The Morgan fingerprint density at radius 1 is 0.864 bits per heavy atom. The first-order valence-electron chi connectivity index (χ1n) is 14.7. The first-order valence-corrected chi connectivity index (χ1v) is 14.7. The molecule has 0 aliphatic heterocycles. The molecule has 10 nitrogen and oxygen atoms in total. The van der Waals surface area contributed by atoms with E-state index in [0.29, 0.717) is 11.3 Å². The van der Waals surface area contributed by atoms with Crippen molar-refractivity contribution in [3.05, 3.63) is 102 Å². The van der Waals surface area contributed by atoms with Gasteiger partial charge in [-0.3, -0.25) is 14.4 Å². The topological polar surface area (TPSA) is 161 Å². The van der Waals surface area contributed by atoms with Crippen molar-refractivity contribution >= 4 is 34.3 Å². The fourth-order valence-electron chi connectivity index (χ4n) is 5.30. The summed E-state index contributed by atoms with van der Waals surface area (Å²) in [7, 11) is 0. The lowest BCUT2D eigenvalue weighted by Crippen LogP contribution is -2.55. The van der Waals surface area contributed by atoms with E-state index in [4.69, 9.17) is 0 Å². The van der Waals surface area contributed by atoms with Gasteiger partial charge in [0.1, 0.15) is 6.04 Å². The third-order valence-electron chi connectivity index (χ3n) is 7.53. The second-order valence-electron chi connectivity index (χ2n) is 11.4. The quantitative estimate of drug-likeness (QED) is 0.130. The number of carboxylic acids is 1. The van der Waals surface area contributed by atoms with Crippen molar-refractivity contribution in [3.63, 3.8) is 0 Å². The van der Waals surface area contributed by atoms with Gasteiger partial charge >= 0.3 is 5.97 Å². The smallest absolute Gasteiger partial charge is 0.334 e. The van der Waals surface area contributed by atoms with Gasteiger partial charge < -0.3 is 25.8 Å². The maximum atomic E-state index is 14.0. The number of rotatable bonds is 15. The van der Waals surface area contributed by atoms with Crippen LogP contribution in [-0.2, 0) is 27.2 Å². The summed E-state index contributed by atoms with van der Waals surface area (Å²) in [6, 6.07) is 20.1. The van der Waals surface area contributed by atoms with Crippen LogP contribution in [0.25, 0.3) is 10.8 Å². The lowest BCUT2D eigenvalue weighted by Gasteiger charge is -2.27. The number of aromatic nitrogens is 2. The molecule has 0 saturated heterocycles. The molecule has 44 heavy (non-hydrogen) atoms. The number of ketones is 1. The van der Waals surface area contributed by atoms with E-state index in [-0.39, 0.29) is 37.4 Å². The van der Waals surface area contributed by atoms with Gasteiger partial charge in [0.25, 0.3) is 0 Å². The van der Waals surface area contributed by atoms with Crippen LogP contribution >= 0.6 is 0 Å². The number of nitrogens with zero attached hydrogens (tertiary/aromatic N) is 1. The molecule has 4 rings (SSSR count). The number of imidazole rings is 1. The number of Topliss-reactive ketones (excluding diaryl/α,β-unsaturated/α-hetero) is 1. The number of aliphatic carboxylic acids is 1. The summed E-state index contributed by atoms with van der Waals surface area (Å²) in [4.78, 5) is 59.5. The largest absolute Gasteiger partial charge is 0.479 e. The van der Waals surface area contributed by atoms with Crippen LogP contribution in [0.1, 0.15) is 48.3 Å². The Bertz CT molecular complexity index is 1570. The minimum Gasteiger partial charge on any atom is -0.479 e. The molecule has 1 heterocycles. The predicted octanol–water partition coefficient (Wildman–Crippen LogP) is 3.70. The van der Waals surface area contributed by atoms with Crippen molar-refractivity contribution in [1.82, 2.24) is 20.6 Å². The van der Waals surface area contributed by atoms with Crippen LogP contribution < -0.4 is 10.6 Å². The van der Waals surface area contributed by atoms with E-state index in [0.717, 1.165) is 16.3 Å². The Balaban J connectivity index is 1.62. The van der Waals surface area contributed by atoms with E-state index < -0.39 is 41.9 Å². The third kappa shape index (κ3) is 8.61. The van der Waals surface area contributed by atoms with Crippen LogP contribution in [0.2, 0.25) is 0 Å². The highest BCUT2D eigenvalue weighted by atomic mass is 16.4. The highest BCUT2D eigenvalue weighted by Crippen LogP contribution is 2.24. The summed E-state index contributed by atoms with van der Waals surface area (Å²) < 4.78 is 0. The predicted molar refractivity (Wildman–Crippen MR) is 166 cm³/mol. The summed E-state index contributed by atoms with van der Waals surface area (Å²) >= 11 is 0. The summed E-state index contributed by atoms with van der Waals surface area (Å²) in [5, 5.41) is 27.1. The molecule has 3 aromatic carbocycles. The third-order valence-corrected chi connectivity index (χ3v) is 7.53. The van der Waals surface area contributed by atoms with Gasteiger partial charge in [-0.05, 0) is 35.1 Å². The highest BCUT2D eigenvalue weighted by molar-refractivity contribution is 5.99. The van der Waals surface area contributed by atoms with Crippen LogP contribution in [-0.4, -0.2) is 61.9 Å². The van der Waals surface area contributed by atoms with Gasteiger partial charge in [0.15, 0.2) is 11.9 Å². The number of carbonyl (C=O) groups excluding carboxylic acids is 3. The number of aromatic amines is 1. The molecule has 0 fully saturated rings. The van der Waals surface area contributed by atoms with Crippen LogP contribution in [0.3, 0.4) is 0 Å². The maximum absolute atomic E-state index is 14.0. The molecule has 0 bridgehead atoms. The van der Waals surface area contributed by atoms with Crippen molar-refractivity contribution < 1.29 is 29.4 Å². The van der Waals surface area contributed by atoms with Crippen molar-refractivity contribution in [1.29, 1.82) is 0 Å². The van der Waals surface area contributed by atoms with Crippen molar-refractivity contribution in [2.75, 3.05) is 0 Å². The minimum absolute atomic E-state index is 0.00621. The van der Waals surface area contributed by atoms with Gasteiger partial charge in [0, 0.05) is 30.5 Å². The SMILES string of the molecule is CC(C)CC(NC(=O)C(Cc1c[nH]cn1)NC(=O)C(CC(=O)c1ccccc1)Cc1cccc2ccccc12)[C@@H](O)C(=O)O. The van der Waals surface area contributed by atoms with E-state index in [2.05, 4.69) is 20.6 Å². The van der Waals surface area contributed by atoms with Crippen molar-refractivity contribution in [2.45, 2.75) is 57.7 Å². The van der Waals surface area contributed by atoms with Crippen molar-refractivity contribution in [3.8, 4) is 0 Å². The monoisotopic (exact) mass is 598 g/mol. The summed E-state index contributed by atoms with van der Waals surface area (Å²) in [5.41, 5.74) is 1.86. The van der Waals surface area contributed by atoms with Crippen LogP contribution in [0.15, 0.2) is 85.3 Å². The van der Waals surface area contributed by atoms with Gasteiger partial charge in [-0.1, -0.05) is 86.6 Å². The second kappa shape index (κ2) is 15.1. The average Bonchev–Trinajstić information content (AvgIpc) is 3.53. The highest BCUT2D eigenvalue weighted by Gasteiger charge is 2.33. The lowest BCUT2D eigenvalue weighted by atomic mass is 9.89. The van der Waals surface area contributed by atoms with Gasteiger partial charge in [0.2, 0.25) is 11.8 Å². The first kappa shape index (κ1) is 32.1. The number of aliphatic hydroxyl groups is 1. The molecule has 0 radical (unpaired) electrons. The number of carboxylic acid groups (broad SMARTS) is 1. The Morgan fingerprint density at radius 3 is 2.25 bits per heavy atom. The molecule has 1 aromatic heterocycles. The summed E-state index contributed by atoms with van der Waals surface area (Å²) in [6.07, 6.45) is 1.58. The number of aliphatic hydroxyl groups excluding tert-OH is 1. The van der Waals surface area contributed by atoms with Crippen LogP contribution in [0, 0.1) is 11.8 Å².